The summed E-state index contributed by atoms with van der Waals surface area (Å²) in [4.78, 5) is 35.0. The molecule has 0 saturated heterocycles. The van der Waals surface area contributed by atoms with E-state index in [1.807, 2.05) is 13.8 Å². The summed E-state index contributed by atoms with van der Waals surface area (Å²) < 4.78 is 1.12. The molecule has 9 heteroatoms. The van der Waals surface area contributed by atoms with Crippen LogP contribution in [0.1, 0.15) is 31.0 Å². The highest BCUT2D eigenvalue weighted by molar-refractivity contribution is 6.34. The van der Waals surface area contributed by atoms with Crippen LogP contribution in [0.4, 0.5) is 0 Å². The predicted octanol–water partition coefficient (Wildman–Crippen LogP) is 1.97. The third-order valence-electron chi connectivity index (χ3n) is 3.86. The summed E-state index contributed by atoms with van der Waals surface area (Å²) in [6.07, 6.45) is 1.62. The number of pyridine rings is 2. The molecule has 0 fully saturated rings. The SMILES string of the molecule is Cc1ccnc(C(C)C)c1-n1c(=O)[nH]c(=O)c2c(O)c(Cl)c(O)nc21. The molecule has 8 nitrogen and oxygen atoms in total. The molecule has 3 heterocycles. The first-order valence-electron chi connectivity index (χ1n) is 7.46. The van der Waals surface area contributed by atoms with Gasteiger partial charge >= 0.3 is 5.69 Å². The third kappa shape index (κ3) is 2.54. The smallest absolute Gasteiger partial charge is 0.334 e. The molecule has 0 aliphatic heterocycles. The van der Waals surface area contributed by atoms with Gasteiger partial charge in [-0.15, -0.1) is 0 Å². The van der Waals surface area contributed by atoms with E-state index >= 15 is 0 Å². The summed E-state index contributed by atoms with van der Waals surface area (Å²) in [6, 6.07) is 1.71. The second-order valence-electron chi connectivity index (χ2n) is 5.91. The lowest BCUT2D eigenvalue weighted by Crippen LogP contribution is -2.31. The predicted molar refractivity (Wildman–Crippen MR) is 92.9 cm³/mol. The molecule has 0 amide bonds. The Hall–Kier alpha value is -2.87. The molecule has 3 aromatic rings. The number of aryl methyl sites for hydroxylation is 1. The summed E-state index contributed by atoms with van der Waals surface area (Å²) in [5.74, 6) is -1.36. The number of nitrogens with one attached hydrogen (secondary N) is 1. The van der Waals surface area contributed by atoms with Gasteiger partial charge in [-0.25, -0.2) is 9.36 Å². The highest BCUT2D eigenvalue weighted by atomic mass is 35.5. The lowest BCUT2D eigenvalue weighted by molar-refractivity contribution is 0.439. The van der Waals surface area contributed by atoms with E-state index in [-0.39, 0.29) is 17.0 Å². The van der Waals surface area contributed by atoms with Gasteiger partial charge in [-0.05, 0) is 24.5 Å². The molecule has 25 heavy (non-hydrogen) atoms. The zero-order valence-electron chi connectivity index (χ0n) is 13.7. The van der Waals surface area contributed by atoms with E-state index in [1.165, 1.54) is 0 Å². The molecule has 0 aliphatic rings. The van der Waals surface area contributed by atoms with E-state index in [9.17, 15) is 19.8 Å². The zero-order valence-corrected chi connectivity index (χ0v) is 14.4. The molecule has 3 rings (SSSR count). The van der Waals surface area contributed by atoms with Crippen LogP contribution in [0.25, 0.3) is 16.7 Å². The van der Waals surface area contributed by atoms with Crippen LogP contribution in [0.5, 0.6) is 11.6 Å². The number of H-pyrrole nitrogens is 1. The molecule has 0 saturated carbocycles. The standard InChI is InChI=1S/C16H15ClN4O4/c1-6(2)10-11(7(3)4-5-18-10)21-13-8(14(23)20-16(21)25)12(22)9(17)15(24)19-13/h4-6H,1-3H3,(H2,19,22,24)(H,20,23,25). The van der Waals surface area contributed by atoms with E-state index in [0.717, 1.165) is 4.57 Å². The Labute approximate surface area is 146 Å². The Morgan fingerprint density at radius 1 is 1.28 bits per heavy atom. The molecule has 3 N–H and O–H groups in total. The largest absolute Gasteiger partial charge is 0.505 e. The van der Waals surface area contributed by atoms with Gasteiger partial charge in [-0.2, -0.15) is 4.98 Å². The van der Waals surface area contributed by atoms with E-state index in [4.69, 9.17) is 11.6 Å². The van der Waals surface area contributed by atoms with Crippen molar-refractivity contribution in [2.75, 3.05) is 0 Å². The van der Waals surface area contributed by atoms with Gasteiger partial charge in [0.05, 0.1) is 11.4 Å². The van der Waals surface area contributed by atoms with Gasteiger partial charge in [-0.1, -0.05) is 25.4 Å². The molecule has 0 aromatic carbocycles. The van der Waals surface area contributed by atoms with E-state index < -0.39 is 27.9 Å². The van der Waals surface area contributed by atoms with Gasteiger partial charge in [-0.3, -0.25) is 14.8 Å². The highest BCUT2D eigenvalue weighted by Crippen LogP contribution is 2.36. The van der Waals surface area contributed by atoms with Crippen molar-refractivity contribution < 1.29 is 10.2 Å². The van der Waals surface area contributed by atoms with E-state index in [0.29, 0.717) is 16.9 Å². The first-order chi connectivity index (χ1) is 11.7. The lowest BCUT2D eigenvalue weighted by Gasteiger charge is -2.17. The number of nitrogens with zero attached hydrogens (tertiary/aromatic N) is 3. The van der Waals surface area contributed by atoms with Crippen LogP contribution < -0.4 is 11.2 Å². The number of aromatic hydroxyl groups is 2. The van der Waals surface area contributed by atoms with Crippen molar-refractivity contribution in [1.82, 2.24) is 19.5 Å². The molecule has 130 valence electrons. The van der Waals surface area contributed by atoms with Gasteiger partial charge in [0.15, 0.2) is 11.4 Å². The van der Waals surface area contributed by atoms with Gasteiger partial charge in [0.25, 0.3) is 5.56 Å². The second kappa shape index (κ2) is 5.89. The number of hydrogen-bond acceptors (Lipinski definition) is 6. The maximum atomic E-state index is 12.5. The summed E-state index contributed by atoms with van der Waals surface area (Å²) in [6.45, 7) is 5.59. The van der Waals surface area contributed by atoms with E-state index in [1.54, 1.807) is 19.2 Å². The summed E-state index contributed by atoms with van der Waals surface area (Å²) in [5, 5.41) is 19.2. The number of halogens is 1. The number of fused-ring (bicyclic) bond motifs is 1. The fourth-order valence-electron chi connectivity index (χ4n) is 2.70. The van der Waals surface area contributed by atoms with E-state index in [2.05, 4.69) is 15.0 Å². The highest BCUT2D eigenvalue weighted by Gasteiger charge is 2.23. The third-order valence-corrected chi connectivity index (χ3v) is 4.21. The fraction of sp³-hybridized carbons (Fsp3) is 0.250. The van der Waals surface area contributed by atoms with Gasteiger partial charge in [0.1, 0.15) is 10.4 Å². The van der Waals surface area contributed by atoms with Crippen LogP contribution in [0, 0.1) is 6.92 Å². The minimum Gasteiger partial charge on any atom is -0.505 e. The van der Waals surface area contributed by atoms with Crippen LogP contribution in [0.3, 0.4) is 0 Å². The Bertz CT molecular complexity index is 1120. The van der Waals surface area contributed by atoms with Crippen molar-refractivity contribution in [2.45, 2.75) is 26.7 Å². The van der Waals surface area contributed by atoms with Crippen molar-refractivity contribution in [3.63, 3.8) is 0 Å². The number of aromatic nitrogens is 4. The first-order valence-corrected chi connectivity index (χ1v) is 7.84. The van der Waals surface area contributed by atoms with Crippen molar-refractivity contribution >= 4 is 22.6 Å². The molecular formula is C16H15ClN4O4. The summed E-state index contributed by atoms with van der Waals surface area (Å²) in [5.41, 5.74) is -0.0699. The molecule has 0 atom stereocenters. The Morgan fingerprint density at radius 2 is 1.96 bits per heavy atom. The first kappa shape index (κ1) is 17.0. The van der Waals surface area contributed by atoms with Gasteiger partial charge < -0.3 is 10.2 Å². The molecule has 0 unspecified atom stereocenters. The topological polar surface area (TPSA) is 121 Å². The van der Waals surface area contributed by atoms with Crippen molar-refractivity contribution in [2.24, 2.45) is 0 Å². The Kier molecular flexibility index (Phi) is 4.00. The quantitative estimate of drug-likeness (QED) is 0.640. The number of aromatic amines is 1. The Balaban J connectivity index is 2.61. The molecule has 0 spiro atoms. The summed E-state index contributed by atoms with van der Waals surface area (Å²) in [7, 11) is 0. The number of rotatable bonds is 2. The molecule has 3 aromatic heterocycles. The van der Waals surface area contributed by atoms with Crippen molar-refractivity contribution in [3.8, 4) is 17.3 Å². The van der Waals surface area contributed by atoms with Gasteiger partial charge in [0, 0.05) is 6.20 Å². The zero-order chi connectivity index (χ0) is 18.5. The molecule has 0 bridgehead atoms. The van der Waals surface area contributed by atoms with Crippen LogP contribution in [0.2, 0.25) is 5.02 Å². The monoisotopic (exact) mass is 362 g/mol. The molecular weight excluding hydrogens is 348 g/mol. The maximum absolute atomic E-state index is 12.5. The minimum absolute atomic E-state index is 0.0294. The average Bonchev–Trinajstić information content (AvgIpc) is 2.53. The maximum Gasteiger partial charge on any atom is 0.334 e. The average molecular weight is 363 g/mol. The lowest BCUT2D eigenvalue weighted by atomic mass is 10.0. The number of hydrogen-bond donors (Lipinski definition) is 3. The Morgan fingerprint density at radius 3 is 2.60 bits per heavy atom. The second-order valence-corrected chi connectivity index (χ2v) is 6.29. The van der Waals surface area contributed by atoms with Crippen LogP contribution >= 0.6 is 11.6 Å². The van der Waals surface area contributed by atoms with Gasteiger partial charge in [0.2, 0.25) is 5.88 Å². The normalized spacial score (nSPS) is 11.4. The van der Waals surface area contributed by atoms with Crippen LogP contribution in [-0.2, 0) is 0 Å². The van der Waals surface area contributed by atoms with Crippen LogP contribution in [-0.4, -0.2) is 29.7 Å². The molecule has 0 radical (unpaired) electrons. The van der Waals surface area contributed by atoms with Crippen LogP contribution in [0.15, 0.2) is 21.9 Å². The minimum atomic E-state index is -0.851. The van der Waals surface area contributed by atoms with Crippen molar-refractivity contribution in [1.29, 1.82) is 0 Å². The summed E-state index contributed by atoms with van der Waals surface area (Å²) >= 11 is 5.76. The van der Waals surface area contributed by atoms with Crippen molar-refractivity contribution in [3.05, 3.63) is 49.4 Å². The fourth-order valence-corrected chi connectivity index (χ4v) is 2.84. The molecule has 0 aliphatic carbocycles.